The summed E-state index contributed by atoms with van der Waals surface area (Å²) < 4.78 is 3.11. The average molecular weight is 361 g/mol. The van der Waals surface area contributed by atoms with E-state index < -0.39 is 0 Å². The maximum Gasteiger partial charge on any atom is 0.194 e. The lowest BCUT2D eigenvalue weighted by atomic mass is 10.2. The number of halogens is 1. The molecule has 0 aliphatic heterocycles. The summed E-state index contributed by atoms with van der Waals surface area (Å²) in [7, 11) is 0. The maximum atomic E-state index is 9.18. The van der Waals surface area contributed by atoms with E-state index in [0.29, 0.717) is 12.1 Å². The van der Waals surface area contributed by atoms with Crippen molar-refractivity contribution >= 4 is 37.9 Å². The molecule has 0 atom stereocenters. The molecule has 4 nitrogen and oxygen atoms in total. The van der Waals surface area contributed by atoms with Gasteiger partial charge in [-0.2, -0.15) is 5.26 Å². The molecule has 3 aromatic rings. The van der Waals surface area contributed by atoms with Crippen LogP contribution in [0.1, 0.15) is 22.6 Å². The van der Waals surface area contributed by atoms with E-state index in [1.165, 1.54) is 5.69 Å². The zero-order valence-corrected chi connectivity index (χ0v) is 14.0. The molecule has 1 N–H and O–H groups in total. The molecule has 1 aromatic carbocycles. The first-order valence-corrected chi connectivity index (χ1v) is 8.13. The van der Waals surface area contributed by atoms with Gasteiger partial charge in [0.25, 0.3) is 0 Å². The van der Waals surface area contributed by atoms with Gasteiger partial charge >= 0.3 is 0 Å². The predicted octanol–water partition coefficient (Wildman–Crippen LogP) is 4.26. The number of anilines is 1. The van der Waals surface area contributed by atoms with Crippen LogP contribution in [0.4, 0.5) is 5.69 Å². The van der Waals surface area contributed by atoms with Gasteiger partial charge in [-0.15, -0.1) is 11.3 Å². The second kappa shape index (κ2) is 5.51. The van der Waals surface area contributed by atoms with E-state index in [2.05, 4.69) is 49.0 Å². The Bertz CT molecular complexity index is 857. The second-order valence-corrected chi connectivity index (χ2v) is 6.55. The topological polar surface area (TPSA) is 53.1 Å². The van der Waals surface area contributed by atoms with Gasteiger partial charge in [-0.1, -0.05) is 15.9 Å². The lowest BCUT2D eigenvalue weighted by Gasteiger charge is -2.09. The van der Waals surface area contributed by atoms with Crippen LogP contribution >= 0.6 is 27.3 Å². The van der Waals surface area contributed by atoms with E-state index in [9.17, 15) is 5.26 Å². The molecule has 3 rings (SSSR count). The third-order valence-corrected chi connectivity index (χ3v) is 4.82. The summed E-state index contributed by atoms with van der Waals surface area (Å²) in [6, 6.07) is 7.81. The minimum absolute atomic E-state index is 0.635. The van der Waals surface area contributed by atoms with Crippen molar-refractivity contribution in [2.75, 3.05) is 5.32 Å². The second-order valence-electron chi connectivity index (χ2n) is 4.79. The molecule has 21 heavy (non-hydrogen) atoms. The summed E-state index contributed by atoms with van der Waals surface area (Å²) >= 11 is 5.08. The molecule has 0 fully saturated rings. The Morgan fingerprint density at radius 1 is 1.43 bits per heavy atom. The molecule has 6 heteroatoms. The Morgan fingerprint density at radius 2 is 2.24 bits per heavy atom. The highest BCUT2D eigenvalue weighted by Crippen LogP contribution is 2.24. The molecule has 0 spiro atoms. The smallest absolute Gasteiger partial charge is 0.194 e. The lowest BCUT2D eigenvalue weighted by molar-refractivity contribution is 0.965. The summed E-state index contributed by atoms with van der Waals surface area (Å²) in [5.74, 6) is 0. The van der Waals surface area contributed by atoms with Gasteiger partial charge in [-0.25, -0.2) is 4.98 Å². The molecule has 106 valence electrons. The fraction of sp³-hybridized carbons (Fsp3) is 0.200. The molecule has 0 aliphatic rings. The van der Waals surface area contributed by atoms with Gasteiger partial charge in [0.15, 0.2) is 4.96 Å². The number of hydrogen-bond donors (Lipinski definition) is 1. The highest BCUT2D eigenvalue weighted by molar-refractivity contribution is 9.10. The van der Waals surface area contributed by atoms with Crippen LogP contribution < -0.4 is 5.32 Å². The SMILES string of the molecule is Cc1nc2scc(C)n2c1CNc1cc(Br)ccc1C#N. The predicted molar refractivity (Wildman–Crippen MR) is 88.7 cm³/mol. The van der Waals surface area contributed by atoms with E-state index in [4.69, 9.17) is 0 Å². The van der Waals surface area contributed by atoms with Gasteiger partial charge < -0.3 is 5.32 Å². The third-order valence-electron chi connectivity index (χ3n) is 3.38. The van der Waals surface area contributed by atoms with Crippen LogP contribution in [-0.4, -0.2) is 9.38 Å². The van der Waals surface area contributed by atoms with Crippen LogP contribution in [0, 0.1) is 25.2 Å². The van der Waals surface area contributed by atoms with E-state index in [0.717, 1.165) is 26.5 Å². The van der Waals surface area contributed by atoms with Crippen LogP contribution in [0.2, 0.25) is 0 Å². The summed E-state index contributed by atoms with van der Waals surface area (Å²) in [5.41, 5.74) is 4.80. The summed E-state index contributed by atoms with van der Waals surface area (Å²) in [6.07, 6.45) is 0. The highest BCUT2D eigenvalue weighted by atomic mass is 79.9. The van der Waals surface area contributed by atoms with Crippen molar-refractivity contribution in [3.8, 4) is 6.07 Å². The summed E-state index contributed by atoms with van der Waals surface area (Å²) in [4.78, 5) is 5.58. The first kappa shape index (κ1) is 14.1. The standard InChI is InChI=1S/C15H13BrN4S/c1-9-8-21-15-19-10(2)14(20(9)15)7-18-13-5-12(16)4-3-11(13)6-17/h3-5,8,18H,7H2,1-2H3. The van der Waals surface area contributed by atoms with Crippen molar-refractivity contribution in [1.82, 2.24) is 9.38 Å². The van der Waals surface area contributed by atoms with E-state index >= 15 is 0 Å². The van der Waals surface area contributed by atoms with Crippen molar-refractivity contribution in [2.45, 2.75) is 20.4 Å². The molecule has 0 bridgehead atoms. The zero-order chi connectivity index (χ0) is 15.0. The van der Waals surface area contributed by atoms with Gasteiger partial charge in [0.2, 0.25) is 0 Å². The number of nitrogens with zero attached hydrogens (tertiary/aromatic N) is 3. The number of nitriles is 1. The van der Waals surface area contributed by atoms with Crippen molar-refractivity contribution in [3.63, 3.8) is 0 Å². The van der Waals surface area contributed by atoms with Crippen LogP contribution in [-0.2, 0) is 6.54 Å². The highest BCUT2D eigenvalue weighted by Gasteiger charge is 2.12. The van der Waals surface area contributed by atoms with Crippen molar-refractivity contribution in [3.05, 3.63) is 50.7 Å². The Balaban J connectivity index is 1.94. The number of imidazole rings is 1. The molecule has 0 saturated carbocycles. The minimum Gasteiger partial charge on any atom is -0.378 e. The van der Waals surface area contributed by atoms with Gasteiger partial charge in [0.05, 0.1) is 29.2 Å². The molecule has 0 radical (unpaired) electrons. The fourth-order valence-corrected chi connectivity index (χ4v) is 3.61. The Labute approximate surface area is 135 Å². The van der Waals surface area contributed by atoms with Crippen LogP contribution in [0.25, 0.3) is 4.96 Å². The normalized spacial score (nSPS) is 10.8. The maximum absolute atomic E-state index is 9.18. The Kier molecular flexibility index (Phi) is 3.70. The van der Waals surface area contributed by atoms with E-state index in [-0.39, 0.29) is 0 Å². The van der Waals surface area contributed by atoms with Gasteiger partial charge in [0, 0.05) is 15.5 Å². The first-order valence-electron chi connectivity index (χ1n) is 6.45. The number of hydrogen-bond acceptors (Lipinski definition) is 4. The van der Waals surface area contributed by atoms with E-state index in [1.807, 2.05) is 19.1 Å². The van der Waals surface area contributed by atoms with Crippen LogP contribution in [0.15, 0.2) is 28.1 Å². The number of fused-ring (bicyclic) bond motifs is 1. The number of aryl methyl sites for hydroxylation is 2. The molecule has 0 saturated heterocycles. The Hall–Kier alpha value is -1.84. The first-order chi connectivity index (χ1) is 10.1. The van der Waals surface area contributed by atoms with Crippen molar-refractivity contribution in [2.24, 2.45) is 0 Å². The lowest BCUT2D eigenvalue weighted by Crippen LogP contribution is -2.06. The summed E-state index contributed by atoms with van der Waals surface area (Å²) in [5, 5.41) is 14.6. The van der Waals surface area contributed by atoms with Crippen LogP contribution in [0.5, 0.6) is 0 Å². The minimum atomic E-state index is 0.635. The van der Waals surface area contributed by atoms with E-state index in [1.54, 1.807) is 17.4 Å². The average Bonchev–Trinajstić information content (AvgIpc) is 2.96. The van der Waals surface area contributed by atoms with Crippen LogP contribution in [0.3, 0.4) is 0 Å². The fourth-order valence-electron chi connectivity index (χ4n) is 2.31. The molecular weight excluding hydrogens is 348 g/mol. The summed E-state index contributed by atoms with van der Waals surface area (Å²) in [6.45, 7) is 4.73. The molecule has 0 unspecified atom stereocenters. The molecule has 2 heterocycles. The van der Waals surface area contributed by atoms with Crippen molar-refractivity contribution in [1.29, 1.82) is 5.26 Å². The number of nitrogens with one attached hydrogen (secondary N) is 1. The Morgan fingerprint density at radius 3 is 3.00 bits per heavy atom. The van der Waals surface area contributed by atoms with Gasteiger partial charge in [-0.05, 0) is 32.0 Å². The molecule has 0 aliphatic carbocycles. The number of benzene rings is 1. The van der Waals surface area contributed by atoms with Gasteiger partial charge in [0.1, 0.15) is 6.07 Å². The monoisotopic (exact) mass is 360 g/mol. The number of rotatable bonds is 3. The number of aromatic nitrogens is 2. The largest absolute Gasteiger partial charge is 0.378 e. The molecule has 2 aromatic heterocycles. The van der Waals surface area contributed by atoms with Crippen molar-refractivity contribution < 1.29 is 0 Å². The molecular formula is C15H13BrN4S. The quantitative estimate of drug-likeness (QED) is 0.758. The zero-order valence-electron chi connectivity index (χ0n) is 11.6. The molecule has 0 amide bonds. The number of thiazole rings is 1. The third kappa shape index (κ3) is 2.55. The van der Waals surface area contributed by atoms with Gasteiger partial charge in [-0.3, -0.25) is 4.40 Å².